The molecule has 0 aliphatic carbocycles. The van der Waals surface area contributed by atoms with Crippen molar-refractivity contribution in [3.8, 4) is 44.5 Å². The summed E-state index contributed by atoms with van der Waals surface area (Å²) in [6.07, 6.45) is 7.23. The quantitative estimate of drug-likeness (QED) is 0.0798. The van der Waals surface area contributed by atoms with E-state index in [0.717, 1.165) is 0 Å². The van der Waals surface area contributed by atoms with E-state index in [9.17, 15) is 39.6 Å². The topological polar surface area (TPSA) is 207 Å². The molecule has 5 heterocycles. The molecule has 0 fully saturated rings. The number of fused-ring (bicyclic) bond motifs is 8. The zero-order valence-corrected chi connectivity index (χ0v) is 32.4. The van der Waals surface area contributed by atoms with E-state index in [1.54, 1.807) is 72.8 Å². The molecule has 0 amide bonds. The summed E-state index contributed by atoms with van der Waals surface area (Å²) in [6, 6.07) is 33.3. The minimum Gasteiger partial charge on any atom is -0.478 e. The summed E-state index contributed by atoms with van der Waals surface area (Å²) in [4.78, 5) is 66.1. The molecule has 9 rings (SSSR count). The predicted molar refractivity (Wildman–Crippen MR) is 228 cm³/mol. The van der Waals surface area contributed by atoms with Crippen LogP contribution < -0.4 is 0 Å². The van der Waals surface area contributed by atoms with Gasteiger partial charge >= 0.3 is 23.9 Å². The van der Waals surface area contributed by atoms with Crippen molar-refractivity contribution in [1.29, 1.82) is 0 Å². The van der Waals surface area contributed by atoms with E-state index in [4.69, 9.17) is 9.97 Å². The maximum Gasteiger partial charge on any atom is 0.335 e. The smallest absolute Gasteiger partial charge is 0.335 e. The second-order valence-corrected chi connectivity index (χ2v) is 14.0. The molecule has 1 radical (unpaired) electrons. The Hall–Kier alpha value is -8.12. The van der Waals surface area contributed by atoms with Gasteiger partial charge in [0.15, 0.2) is 0 Å². The van der Waals surface area contributed by atoms with Gasteiger partial charge in [-0.1, -0.05) is 48.5 Å². The molecule has 0 saturated heterocycles. The summed E-state index contributed by atoms with van der Waals surface area (Å²) >= 11 is 0. The van der Waals surface area contributed by atoms with E-state index in [1.165, 1.54) is 24.3 Å². The van der Waals surface area contributed by atoms with Gasteiger partial charge in [-0.25, -0.2) is 29.1 Å². The summed E-state index contributed by atoms with van der Waals surface area (Å²) < 4.78 is 0. The molecule has 6 N–H and O–H groups in total. The first-order chi connectivity index (χ1) is 29.0. The number of carbonyl (C=O) groups is 4. The van der Waals surface area contributed by atoms with Crippen molar-refractivity contribution in [3.63, 3.8) is 0 Å². The van der Waals surface area contributed by atoms with Crippen LogP contribution in [0.3, 0.4) is 0 Å². The Balaban J connectivity index is 0.00000514. The Morgan fingerprint density at radius 3 is 0.803 bits per heavy atom. The van der Waals surface area contributed by atoms with Crippen molar-refractivity contribution in [3.05, 3.63) is 166 Å². The molecule has 4 aromatic carbocycles. The van der Waals surface area contributed by atoms with Gasteiger partial charge in [-0.3, -0.25) is 0 Å². The minimum atomic E-state index is -1.11. The van der Waals surface area contributed by atoms with E-state index in [0.29, 0.717) is 89.4 Å². The van der Waals surface area contributed by atoms with E-state index >= 15 is 0 Å². The Morgan fingerprint density at radius 1 is 0.361 bits per heavy atom. The molecule has 301 valence electrons. The number of rotatable bonds is 8. The zero-order valence-electron chi connectivity index (χ0n) is 31.5. The maximum atomic E-state index is 12.2. The number of H-pyrrole nitrogens is 2. The minimum absolute atomic E-state index is 0. The summed E-state index contributed by atoms with van der Waals surface area (Å²) in [5.41, 5.74) is 8.92. The van der Waals surface area contributed by atoms with Crippen LogP contribution in [0.2, 0.25) is 0 Å². The van der Waals surface area contributed by atoms with Crippen molar-refractivity contribution < 1.29 is 56.7 Å². The van der Waals surface area contributed by atoms with Gasteiger partial charge in [-0.2, -0.15) is 0 Å². The number of carboxylic acid groups (broad SMARTS) is 4. The molecule has 2 aliphatic rings. The van der Waals surface area contributed by atoms with Crippen molar-refractivity contribution in [2.75, 3.05) is 0 Å². The fourth-order valence-electron chi connectivity index (χ4n) is 7.65. The maximum absolute atomic E-state index is 12.2. The molecule has 0 unspecified atom stereocenters. The summed E-state index contributed by atoms with van der Waals surface area (Å²) in [7, 11) is 0. The molecule has 0 spiro atoms. The first-order valence-corrected chi connectivity index (χ1v) is 18.5. The van der Waals surface area contributed by atoms with Crippen molar-refractivity contribution >= 4 is 70.2 Å². The first kappa shape index (κ1) is 39.7. The summed E-state index contributed by atoms with van der Waals surface area (Å²) in [6.45, 7) is 0. The van der Waals surface area contributed by atoms with Gasteiger partial charge in [0.1, 0.15) is 0 Å². The van der Waals surface area contributed by atoms with Gasteiger partial charge in [0, 0.05) is 61.4 Å². The van der Waals surface area contributed by atoms with Gasteiger partial charge in [0.25, 0.3) is 0 Å². The van der Waals surface area contributed by atoms with Crippen molar-refractivity contribution in [2.24, 2.45) is 0 Å². The summed E-state index contributed by atoms with van der Waals surface area (Å²) in [5, 5.41) is 39.9. The second-order valence-electron chi connectivity index (χ2n) is 14.0. The first-order valence-electron chi connectivity index (χ1n) is 18.5. The van der Waals surface area contributed by atoms with E-state index in [-0.39, 0.29) is 39.3 Å². The third-order valence-corrected chi connectivity index (χ3v) is 10.3. The average Bonchev–Trinajstić information content (AvgIpc) is 4.09. The average molecular weight is 854 g/mol. The third-order valence-electron chi connectivity index (χ3n) is 10.3. The van der Waals surface area contributed by atoms with Gasteiger partial charge in [0.05, 0.1) is 45.0 Å². The fraction of sp³-hybridized carbons (Fsp3) is 0. The number of benzene rings is 4. The molecule has 12 nitrogen and oxygen atoms in total. The molecule has 13 heteroatoms. The number of aromatic nitrogens is 4. The van der Waals surface area contributed by atoms with E-state index < -0.39 is 23.9 Å². The number of carboxylic acids is 4. The predicted octanol–water partition coefficient (Wildman–Crippen LogP) is 10.1. The Bertz CT molecular complexity index is 2830. The van der Waals surface area contributed by atoms with Crippen LogP contribution in [0.15, 0.2) is 121 Å². The molecule has 3 aromatic heterocycles. The number of aromatic carboxylic acids is 4. The Labute approximate surface area is 356 Å². The monoisotopic (exact) mass is 853 g/mol. The Morgan fingerprint density at radius 2 is 0.590 bits per heavy atom. The molecular formula is C48H30CuN4O8. The van der Waals surface area contributed by atoms with Crippen molar-refractivity contribution in [2.45, 2.75) is 0 Å². The fourth-order valence-corrected chi connectivity index (χ4v) is 7.65. The molecular weight excluding hydrogens is 824 g/mol. The largest absolute Gasteiger partial charge is 0.478 e. The molecule has 0 saturated carbocycles. The molecule has 2 aliphatic heterocycles. The van der Waals surface area contributed by atoms with Gasteiger partial charge in [0.2, 0.25) is 0 Å². The van der Waals surface area contributed by atoms with Crippen LogP contribution in [0.4, 0.5) is 0 Å². The number of aromatic amines is 2. The standard InChI is InChI=1S/C48H30N4O8.Cu/c53-45(54)29-9-1-5-25(21-29)41-33-13-15-35(49-33)42(26-6-2-10-30(22-26)46(55)56)37-17-19-39(51-37)44(28-8-4-12-32(24-28)48(59)60)40-20-18-38(52-40)43(36-16-14-34(41)50-36)27-7-3-11-31(23-27)47(57)58;/h1-24,49,52H,(H,53,54)(H,55,56)(H,57,58)(H,59,60);. The van der Waals surface area contributed by atoms with E-state index in [2.05, 4.69) is 9.97 Å². The van der Waals surface area contributed by atoms with Gasteiger partial charge in [-0.15, -0.1) is 0 Å². The number of hydrogen-bond donors (Lipinski definition) is 6. The van der Waals surface area contributed by atoms with Crippen LogP contribution in [-0.4, -0.2) is 64.2 Å². The van der Waals surface area contributed by atoms with Gasteiger partial charge < -0.3 is 30.4 Å². The van der Waals surface area contributed by atoms with Crippen LogP contribution in [0.25, 0.3) is 90.9 Å². The molecule has 7 aromatic rings. The summed E-state index contributed by atoms with van der Waals surface area (Å²) in [5.74, 6) is -4.43. The molecule has 0 atom stereocenters. The van der Waals surface area contributed by atoms with Crippen molar-refractivity contribution in [1.82, 2.24) is 19.9 Å². The third kappa shape index (κ3) is 7.42. The normalized spacial score (nSPS) is 11.5. The number of hydrogen-bond acceptors (Lipinski definition) is 6. The van der Waals surface area contributed by atoms with E-state index in [1.807, 2.05) is 48.6 Å². The zero-order chi connectivity index (χ0) is 41.7. The number of nitrogens with one attached hydrogen (secondary N) is 2. The van der Waals surface area contributed by atoms with Crippen LogP contribution in [0.1, 0.15) is 64.2 Å². The Kier molecular flexibility index (Phi) is 10.4. The SMILES string of the molecule is O=C(O)c1cccc(-c2c3nc(c(-c4cccc(C(=O)O)c4)c4ccc([nH]4)c(-c4cccc(C(=O)O)c4)c4nc(c(-c5cccc(C(=O)O)c5)c5ccc2[nH]5)C=C4)C=C3)c1.[Cu]. The van der Waals surface area contributed by atoms with Crippen LogP contribution in [-0.2, 0) is 17.1 Å². The van der Waals surface area contributed by atoms with Crippen LogP contribution in [0.5, 0.6) is 0 Å². The van der Waals surface area contributed by atoms with Crippen LogP contribution in [0, 0.1) is 0 Å². The van der Waals surface area contributed by atoms with Crippen LogP contribution >= 0.6 is 0 Å². The second kappa shape index (κ2) is 15.9. The molecule has 8 bridgehead atoms. The number of nitrogens with zero attached hydrogens (tertiary/aromatic N) is 2. The molecule has 61 heavy (non-hydrogen) atoms. The van der Waals surface area contributed by atoms with Gasteiger partial charge in [-0.05, 0) is 119 Å².